The Morgan fingerprint density at radius 1 is 1.08 bits per heavy atom. The van der Waals surface area contributed by atoms with Crippen LogP contribution in [0.3, 0.4) is 0 Å². The Bertz CT molecular complexity index is 965. The van der Waals surface area contributed by atoms with Crippen LogP contribution in [0, 0.1) is 0 Å². The number of methoxy groups -OCH3 is 1. The van der Waals surface area contributed by atoms with E-state index < -0.39 is 9.84 Å². The van der Waals surface area contributed by atoms with Gasteiger partial charge in [-0.25, -0.2) is 18.4 Å². The van der Waals surface area contributed by atoms with Crippen LogP contribution >= 0.6 is 11.6 Å². The van der Waals surface area contributed by atoms with Crippen molar-refractivity contribution < 1.29 is 13.2 Å². The lowest BCUT2D eigenvalue weighted by Gasteiger charge is -2.09. The quantitative estimate of drug-likeness (QED) is 0.712. The monoisotopic (exact) mass is 363 g/mol. The average Bonchev–Trinajstić information content (AvgIpc) is 2.96. The molecule has 6 nitrogen and oxygen atoms in total. The van der Waals surface area contributed by atoms with Gasteiger partial charge < -0.3 is 4.74 Å². The fourth-order valence-corrected chi connectivity index (χ4v) is 3.05. The summed E-state index contributed by atoms with van der Waals surface area (Å²) < 4.78 is 29.9. The Kier molecular flexibility index (Phi) is 4.29. The van der Waals surface area contributed by atoms with Crippen LogP contribution in [0.15, 0.2) is 53.8 Å². The van der Waals surface area contributed by atoms with Crippen LogP contribution in [-0.2, 0) is 9.84 Å². The number of sulfone groups is 1. The van der Waals surface area contributed by atoms with E-state index in [4.69, 9.17) is 16.3 Å². The molecule has 3 rings (SSSR count). The first kappa shape index (κ1) is 16.5. The molecule has 0 saturated heterocycles. The molecule has 3 aromatic rings. The minimum absolute atomic E-state index is 0.156. The molecule has 24 heavy (non-hydrogen) atoms. The third-order valence-corrected chi connectivity index (χ3v) is 4.86. The molecule has 0 aliphatic heterocycles. The molecule has 0 atom stereocenters. The summed E-state index contributed by atoms with van der Waals surface area (Å²) in [5, 5.41) is 0.328. The van der Waals surface area contributed by atoms with Crippen molar-refractivity contribution in [1.82, 2.24) is 14.5 Å². The van der Waals surface area contributed by atoms with Gasteiger partial charge >= 0.3 is 0 Å². The SMILES string of the molecule is COc1ccc(-c2c(Cl)ncn2-c2ccc(S(C)(=O)=O)cn2)cc1. The Balaban J connectivity index is 2.06. The van der Waals surface area contributed by atoms with Crippen LogP contribution in [-0.4, -0.2) is 36.3 Å². The van der Waals surface area contributed by atoms with Gasteiger partial charge in [-0.1, -0.05) is 11.6 Å². The lowest BCUT2D eigenvalue weighted by Crippen LogP contribution is -2.02. The summed E-state index contributed by atoms with van der Waals surface area (Å²) in [6.45, 7) is 0. The second kappa shape index (κ2) is 6.26. The van der Waals surface area contributed by atoms with Crippen LogP contribution in [0.5, 0.6) is 5.75 Å². The highest BCUT2D eigenvalue weighted by atomic mass is 35.5. The van der Waals surface area contributed by atoms with E-state index in [0.29, 0.717) is 16.7 Å². The molecular formula is C16H14ClN3O3S. The minimum atomic E-state index is -3.29. The number of halogens is 1. The van der Waals surface area contributed by atoms with Crippen molar-refractivity contribution in [3.63, 3.8) is 0 Å². The number of aromatic nitrogens is 3. The van der Waals surface area contributed by atoms with E-state index in [2.05, 4.69) is 9.97 Å². The third-order valence-electron chi connectivity index (χ3n) is 3.48. The zero-order chi connectivity index (χ0) is 17.3. The molecule has 0 radical (unpaired) electrons. The van der Waals surface area contributed by atoms with E-state index in [1.807, 2.05) is 24.3 Å². The molecule has 0 bridgehead atoms. The highest BCUT2D eigenvalue weighted by Crippen LogP contribution is 2.30. The second-order valence-electron chi connectivity index (χ2n) is 5.11. The third kappa shape index (κ3) is 3.13. The number of hydrogen-bond donors (Lipinski definition) is 0. The van der Waals surface area contributed by atoms with Crippen molar-refractivity contribution >= 4 is 21.4 Å². The summed E-state index contributed by atoms with van der Waals surface area (Å²) in [6, 6.07) is 10.5. The number of rotatable bonds is 4. The maximum Gasteiger partial charge on any atom is 0.177 e. The van der Waals surface area contributed by atoms with E-state index in [1.54, 1.807) is 24.1 Å². The van der Waals surface area contributed by atoms with Gasteiger partial charge in [-0.2, -0.15) is 0 Å². The maximum absolute atomic E-state index is 11.5. The van der Waals surface area contributed by atoms with Crippen LogP contribution in [0.2, 0.25) is 5.15 Å². The van der Waals surface area contributed by atoms with Gasteiger partial charge in [-0.15, -0.1) is 0 Å². The van der Waals surface area contributed by atoms with Crippen molar-refractivity contribution in [2.24, 2.45) is 0 Å². The largest absolute Gasteiger partial charge is 0.497 e. The molecule has 2 heterocycles. The predicted molar refractivity (Wildman–Crippen MR) is 91.5 cm³/mol. The summed E-state index contributed by atoms with van der Waals surface area (Å²) in [4.78, 5) is 8.49. The predicted octanol–water partition coefficient (Wildman–Crippen LogP) is 3.00. The van der Waals surface area contributed by atoms with Crippen molar-refractivity contribution in [3.05, 3.63) is 54.1 Å². The van der Waals surface area contributed by atoms with Gasteiger partial charge in [0.25, 0.3) is 0 Å². The lowest BCUT2D eigenvalue weighted by molar-refractivity contribution is 0.415. The van der Waals surface area contributed by atoms with Gasteiger partial charge in [0.2, 0.25) is 0 Å². The fraction of sp³-hybridized carbons (Fsp3) is 0.125. The Morgan fingerprint density at radius 2 is 1.79 bits per heavy atom. The molecule has 0 spiro atoms. The molecule has 0 unspecified atom stereocenters. The van der Waals surface area contributed by atoms with Gasteiger partial charge in [0, 0.05) is 18.0 Å². The minimum Gasteiger partial charge on any atom is -0.497 e. The molecular weight excluding hydrogens is 350 g/mol. The van der Waals surface area contributed by atoms with Crippen LogP contribution in [0.1, 0.15) is 0 Å². The molecule has 8 heteroatoms. The topological polar surface area (TPSA) is 74.1 Å². The molecule has 0 aliphatic carbocycles. The normalized spacial score (nSPS) is 11.5. The van der Waals surface area contributed by atoms with E-state index in [-0.39, 0.29) is 4.90 Å². The molecule has 0 amide bonds. The van der Waals surface area contributed by atoms with Gasteiger partial charge in [0.05, 0.1) is 17.7 Å². The van der Waals surface area contributed by atoms with Gasteiger partial charge in [-0.3, -0.25) is 4.57 Å². The smallest absolute Gasteiger partial charge is 0.177 e. The van der Waals surface area contributed by atoms with Crippen molar-refractivity contribution in [1.29, 1.82) is 0 Å². The van der Waals surface area contributed by atoms with Crippen LogP contribution in [0.4, 0.5) is 0 Å². The molecule has 0 aliphatic rings. The standard InChI is InChI=1S/C16H14ClN3O3S/c1-23-12-5-3-11(4-6-12)15-16(17)19-10-20(15)14-8-7-13(9-18-14)24(2,21)22/h3-10H,1-2H3. The number of benzene rings is 1. The molecule has 124 valence electrons. The van der Waals surface area contributed by atoms with Crippen LogP contribution < -0.4 is 4.74 Å². The molecule has 0 fully saturated rings. The van der Waals surface area contributed by atoms with E-state index in [0.717, 1.165) is 17.6 Å². The molecule has 1 aromatic carbocycles. The zero-order valence-electron chi connectivity index (χ0n) is 13.0. The van der Waals surface area contributed by atoms with E-state index >= 15 is 0 Å². The first-order valence-electron chi connectivity index (χ1n) is 6.94. The summed E-state index contributed by atoms with van der Waals surface area (Å²) in [6.07, 6.45) is 4.00. The summed E-state index contributed by atoms with van der Waals surface area (Å²) in [5.41, 5.74) is 1.51. The highest BCUT2D eigenvalue weighted by Gasteiger charge is 2.15. The summed E-state index contributed by atoms with van der Waals surface area (Å²) in [7, 11) is -1.70. The molecule has 0 saturated carbocycles. The summed E-state index contributed by atoms with van der Waals surface area (Å²) >= 11 is 6.22. The van der Waals surface area contributed by atoms with Crippen molar-refractivity contribution in [3.8, 4) is 22.8 Å². The molecule has 0 N–H and O–H groups in total. The maximum atomic E-state index is 11.5. The van der Waals surface area contributed by atoms with Crippen molar-refractivity contribution in [2.45, 2.75) is 4.90 Å². The van der Waals surface area contributed by atoms with Crippen LogP contribution in [0.25, 0.3) is 17.1 Å². The van der Waals surface area contributed by atoms with E-state index in [1.165, 1.54) is 12.3 Å². The Hall–Kier alpha value is -2.38. The Morgan fingerprint density at radius 3 is 2.33 bits per heavy atom. The Labute approximate surface area is 144 Å². The number of nitrogens with zero attached hydrogens (tertiary/aromatic N) is 3. The van der Waals surface area contributed by atoms with Gasteiger partial charge in [0.15, 0.2) is 15.0 Å². The average molecular weight is 364 g/mol. The summed E-state index contributed by atoms with van der Waals surface area (Å²) in [5.74, 6) is 1.25. The number of imidazole rings is 1. The first-order chi connectivity index (χ1) is 11.4. The second-order valence-corrected chi connectivity index (χ2v) is 7.48. The lowest BCUT2D eigenvalue weighted by atomic mass is 10.1. The zero-order valence-corrected chi connectivity index (χ0v) is 14.5. The fourth-order valence-electron chi connectivity index (χ4n) is 2.24. The molecule has 2 aromatic heterocycles. The number of ether oxygens (including phenoxy) is 1. The highest BCUT2D eigenvalue weighted by molar-refractivity contribution is 7.90. The van der Waals surface area contributed by atoms with Crippen molar-refractivity contribution in [2.75, 3.05) is 13.4 Å². The first-order valence-corrected chi connectivity index (χ1v) is 9.21. The number of pyridine rings is 1. The van der Waals surface area contributed by atoms with Gasteiger partial charge in [-0.05, 0) is 36.4 Å². The van der Waals surface area contributed by atoms with E-state index in [9.17, 15) is 8.42 Å². The number of hydrogen-bond acceptors (Lipinski definition) is 5. The van der Waals surface area contributed by atoms with Gasteiger partial charge in [0.1, 0.15) is 17.9 Å².